The van der Waals surface area contributed by atoms with E-state index >= 15 is 0 Å². The van der Waals surface area contributed by atoms with Crippen LogP contribution in [0, 0.1) is 5.82 Å². The van der Waals surface area contributed by atoms with Crippen molar-refractivity contribution in [2.45, 2.75) is 19.9 Å². The number of carbonyl (C=O) groups is 1. The van der Waals surface area contributed by atoms with Gasteiger partial charge < -0.3 is 14.2 Å². The highest BCUT2D eigenvalue weighted by atomic mass is 32.1. The normalized spacial score (nSPS) is 15.6. The highest BCUT2D eigenvalue weighted by Gasteiger charge is 2.35. The summed E-state index contributed by atoms with van der Waals surface area (Å²) in [6.45, 7) is 3.58. The molecule has 0 fully saturated rings. The quantitative estimate of drug-likeness (QED) is 0.505. The Hall–Kier alpha value is -3.72. The Bertz CT molecular complexity index is 1470. The summed E-state index contributed by atoms with van der Waals surface area (Å²) in [5, 5.41) is 0. The Kier molecular flexibility index (Phi) is 6.65. The molecular formula is C25H23FN2O5S. The Morgan fingerprint density at radius 2 is 2.00 bits per heavy atom. The van der Waals surface area contributed by atoms with E-state index in [-0.39, 0.29) is 17.7 Å². The van der Waals surface area contributed by atoms with Gasteiger partial charge >= 0.3 is 5.97 Å². The predicted octanol–water partition coefficient (Wildman–Crippen LogP) is 2.95. The SMILES string of the molecule is CCOC(=O)C1=C(C)N=c2s/c(=C\c3cccc(F)c3)c(=O)n2[C@H]1c1cc(OC)ccc1OC. The molecule has 9 heteroatoms. The van der Waals surface area contributed by atoms with Gasteiger partial charge in [0.1, 0.15) is 23.4 Å². The fourth-order valence-corrected chi connectivity index (χ4v) is 4.93. The molecule has 2 heterocycles. The van der Waals surface area contributed by atoms with Gasteiger partial charge in [-0.05, 0) is 55.8 Å². The zero-order chi connectivity index (χ0) is 24.4. The molecule has 0 bridgehead atoms. The van der Waals surface area contributed by atoms with E-state index in [9.17, 15) is 14.0 Å². The van der Waals surface area contributed by atoms with E-state index in [2.05, 4.69) is 4.99 Å². The lowest BCUT2D eigenvalue weighted by atomic mass is 9.94. The first-order valence-electron chi connectivity index (χ1n) is 10.5. The maximum atomic E-state index is 13.7. The summed E-state index contributed by atoms with van der Waals surface area (Å²) in [4.78, 5) is 31.6. The molecule has 0 spiro atoms. The maximum absolute atomic E-state index is 13.7. The molecule has 4 rings (SSSR count). The molecule has 0 saturated carbocycles. The van der Waals surface area contributed by atoms with Gasteiger partial charge in [0, 0.05) is 5.56 Å². The van der Waals surface area contributed by atoms with Gasteiger partial charge in [-0.3, -0.25) is 9.36 Å². The summed E-state index contributed by atoms with van der Waals surface area (Å²) < 4.78 is 31.8. The standard InChI is InChI=1S/C25H23FN2O5S/c1-5-33-24(30)21-14(2)27-25-28(22(21)18-13-17(31-3)9-10-19(18)32-4)23(29)20(34-25)12-15-7-6-8-16(26)11-15/h6-13,22H,5H2,1-4H3/b20-12-/t22-/m0/s1. The monoisotopic (exact) mass is 482 g/mol. The molecule has 3 aromatic rings. The second kappa shape index (κ2) is 9.64. The van der Waals surface area contributed by atoms with E-state index in [0.717, 1.165) is 11.3 Å². The van der Waals surface area contributed by atoms with Crippen LogP contribution in [0.15, 0.2) is 63.5 Å². The Morgan fingerprint density at radius 1 is 1.21 bits per heavy atom. The average Bonchev–Trinajstić information content (AvgIpc) is 3.12. The fourth-order valence-electron chi connectivity index (χ4n) is 3.89. The molecule has 1 aliphatic rings. The second-order valence-electron chi connectivity index (χ2n) is 7.47. The van der Waals surface area contributed by atoms with Crippen LogP contribution in [-0.4, -0.2) is 31.4 Å². The zero-order valence-corrected chi connectivity index (χ0v) is 19.9. The van der Waals surface area contributed by atoms with E-state index in [0.29, 0.717) is 37.7 Å². The summed E-state index contributed by atoms with van der Waals surface area (Å²) in [5.41, 5.74) is 1.40. The molecule has 7 nitrogen and oxygen atoms in total. The molecule has 1 aliphatic heterocycles. The lowest BCUT2D eigenvalue weighted by molar-refractivity contribution is -0.139. The number of hydrogen-bond donors (Lipinski definition) is 0. The van der Waals surface area contributed by atoms with Crippen LogP contribution >= 0.6 is 11.3 Å². The van der Waals surface area contributed by atoms with Crippen LogP contribution < -0.4 is 24.4 Å². The van der Waals surface area contributed by atoms with Crippen LogP contribution in [-0.2, 0) is 9.53 Å². The smallest absolute Gasteiger partial charge is 0.338 e. The number of allylic oxidation sites excluding steroid dienone is 1. The summed E-state index contributed by atoms with van der Waals surface area (Å²) in [5.74, 6) is 0.0385. The first-order valence-corrected chi connectivity index (χ1v) is 11.4. The van der Waals surface area contributed by atoms with Crippen molar-refractivity contribution in [3.63, 3.8) is 0 Å². The number of nitrogens with zero attached hydrogens (tertiary/aromatic N) is 2. The number of thiazole rings is 1. The Morgan fingerprint density at radius 3 is 2.68 bits per heavy atom. The van der Waals surface area contributed by atoms with Gasteiger partial charge in [0.05, 0.1) is 36.6 Å². The molecule has 2 aromatic carbocycles. The van der Waals surface area contributed by atoms with Crippen LogP contribution in [0.2, 0.25) is 0 Å². The summed E-state index contributed by atoms with van der Waals surface area (Å²) in [7, 11) is 3.04. The average molecular weight is 483 g/mol. The number of methoxy groups -OCH3 is 2. The van der Waals surface area contributed by atoms with Gasteiger partial charge in [0.15, 0.2) is 4.80 Å². The number of benzene rings is 2. The van der Waals surface area contributed by atoms with E-state index in [4.69, 9.17) is 14.2 Å². The number of fused-ring (bicyclic) bond motifs is 1. The van der Waals surface area contributed by atoms with Crippen LogP contribution in [0.4, 0.5) is 4.39 Å². The number of hydrogen-bond acceptors (Lipinski definition) is 7. The van der Waals surface area contributed by atoms with Gasteiger partial charge in [-0.25, -0.2) is 14.2 Å². The minimum absolute atomic E-state index is 0.168. The molecule has 0 radical (unpaired) electrons. The first-order chi connectivity index (χ1) is 16.4. The third kappa shape index (κ3) is 4.26. The molecule has 34 heavy (non-hydrogen) atoms. The second-order valence-corrected chi connectivity index (χ2v) is 8.47. The van der Waals surface area contributed by atoms with Crippen LogP contribution in [0.3, 0.4) is 0 Å². The maximum Gasteiger partial charge on any atom is 0.338 e. The number of ether oxygens (including phenoxy) is 3. The minimum atomic E-state index is -0.852. The lowest BCUT2D eigenvalue weighted by Gasteiger charge is -2.26. The first kappa shape index (κ1) is 23.4. The molecule has 0 unspecified atom stereocenters. The van der Waals surface area contributed by atoms with Gasteiger partial charge in [0.25, 0.3) is 5.56 Å². The molecule has 1 aromatic heterocycles. The fraction of sp³-hybridized carbons (Fsp3) is 0.240. The zero-order valence-electron chi connectivity index (χ0n) is 19.1. The van der Waals surface area contributed by atoms with Crippen molar-refractivity contribution in [2.75, 3.05) is 20.8 Å². The van der Waals surface area contributed by atoms with Crippen molar-refractivity contribution in [1.82, 2.24) is 4.57 Å². The third-order valence-corrected chi connectivity index (χ3v) is 6.38. The van der Waals surface area contributed by atoms with Crippen LogP contribution in [0.5, 0.6) is 11.5 Å². The predicted molar refractivity (Wildman–Crippen MR) is 126 cm³/mol. The number of carbonyl (C=O) groups excluding carboxylic acids is 1. The molecule has 0 aliphatic carbocycles. The minimum Gasteiger partial charge on any atom is -0.497 e. The largest absolute Gasteiger partial charge is 0.497 e. The van der Waals surface area contributed by atoms with Crippen molar-refractivity contribution in [3.05, 3.63) is 90.4 Å². The lowest BCUT2D eigenvalue weighted by Crippen LogP contribution is -2.40. The third-order valence-electron chi connectivity index (χ3n) is 5.39. The number of rotatable bonds is 6. The van der Waals surface area contributed by atoms with E-state index < -0.39 is 17.8 Å². The van der Waals surface area contributed by atoms with E-state index in [1.165, 1.54) is 30.9 Å². The van der Waals surface area contributed by atoms with Crippen molar-refractivity contribution in [3.8, 4) is 11.5 Å². The van der Waals surface area contributed by atoms with Crippen LogP contribution in [0.25, 0.3) is 6.08 Å². The molecule has 0 saturated heterocycles. The summed E-state index contributed by atoms with van der Waals surface area (Å²) >= 11 is 1.16. The molecule has 176 valence electrons. The topological polar surface area (TPSA) is 79.1 Å². The van der Waals surface area contributed by atoms with Crippen molar-refractivity contribution >= 4 is 23.4 Å². The number of halogens is 1. The molecular weight excluding hydrogens is 459 g/mol. The summed E-state index contributed by atoms with van der Waals surface area (Å²) in [6, 6.07) is 10.3. The van der Waals surface area contributed by atoms with E-state index in [1.54, 1.807) is 50.3 Å². The molecule has 0 N–H and O–H groups in total. The molecule has 0 amide bonds. The number of aromatic nitrogens is 1. The highest BCUT2D eigenvalue weighted by molar-refractivity contribution is 7.07. The van der Waals surface area contributed by atoms with Crippen molar-refractivity contribution < 1.29 is 23.4 Å². The van der Waals surface area contributed by atoms with Crippen LogP contribution in [0.1, 0.15) is 31.0 Å². The highest BCUT2D eigenvalue weighted by Crippen LogP contribution is 2.37. The van der Waals surface area contributed by atoms with E-state index in [1.807, 2.05) is 0 Å². The van der Waals surface area contributed by atoms with Gasteiger partial charge in [-0.2, -0.15) is 0 Å². The van der Waals surface area contributed by atoms with Gasteiger partial charge in [0.2, 0.25) is 0 Å². The van der Waals surface area contributed by atoms with Gasteiger partial charge in [-0.15, -0.1) is 0 Å². The summed E-state index contributed by atoms with van der Waals surface area (Å²) in [6.07, 6.45) is 1.61. The molecule has 1 atom stereocenters. The Labute approximate surface area is 199 Å². The number of esters is 1. The van der Waals surface area contributed by atoms with Crippen molar-refractivity contribution in [2.24, 2.45) is 4.99 Å². The van der Waals surface area contributed by atoms with Gasteiger partial charge in [-0.1, -0.05) is 23.5 Å². The van der Waals surface area contributed by atoms with Crippen molar-refractivity contribution in [1.29, 1.82) is 0 Å². The Balaban J connectivity index is 2.02.